The van der Waals surface area contributed by atoms with E-state index in [1.807, 2.05) is 38.1 Å². The second kappa shape index (κ2) is 6.86. The lowest BCUT2D eigenvalue weighted by molar-refractivity contribution is 0.0928. The van der Waals surface area contributed by atoms with E-state index < -0.39 is 0 Å². The van der Waals surface area contributed by atoms with Crippen LogP contribution in [0.5, 0.6) is 11.5 Å². The van der Waals surface area contributed by atoms with Crippen molar-refractivity contribution in [3.8, 4) is 11.5 Å². The highest BCUT2D eigenvalue weighted by Crippen LogP contribution is 2.35. The number of para-hydroxylation sites is 1. The van der Waals surface area contributed by atoms with Crippen LogP contribution >= 0.6 is 0 Å². The number of methoxy groups -OCH3 is 1. The van der Waals surface area contributed by atoms with Gasteiger partial charge in [-0.25, -0.2) is 9.50 Å². The van der Waals surface area contributed by atoms with Crippen LogP contribution in [0.1, 0.15) is 27.6 Å². The molecule has 4 rings (SSSR count). The van der Waals surface area contributed by atoms with Gasteiger partial charge in [0.15, 0.2) is 11.5 Å². The smallest absolute Gasteiger partial charge is 0.291 e. The number of aryl methyl sites for hydroxylation is 2. The summed E-state index contributed by atoms with van der Waals surface area (Å²) in [5, 5.41) is 7.17. The predicted molar refractivity (Wildman–Crippen MR) is 98.3 cm³/mol. The van der Waals surface area contributed by atoms with Gasteiger partial charge in [-0.3, -0.25) is 4.79 Å². The average molecular weight is 367 g/mol. The summed E-state index contributed by atoms with van der Waals surface area (Å²) < 4.78 is 12.8. The molecule has 1 aliphatic heterocycles. The van der Waals surface area contributed by atoms with Gasteiger partial charge in [-0.1, -0.05) is 12.1 Å². The second-order valence-electron chi connectivity index (χ2n) is 6.73. The maximum Gasteiger partial charge on any atom is 0.291 e. The molecule has 27 heavy (non-hydrogen) atoms. The third kappa shape index (κ3) is 3.30. The molecule has 0 bridgehead atoms. The number of hydrogen-bond donors (Lipinski definition) is 1. The number of aromatic nitrogens is 4. The number of benzene rings is 1. The van der Waals surface area contributed by atoms with Crippen molar-refractivity contribution in [3.63, 3.8) is 0 Å². The molecule has 3 aromatic rings. The Morgan fingerprint density at radius 3 is 3.04 bits per heavy atom. The molecule has 0 radical (unpaired) electrons. The summed E-state index contributed by atoms with van der Waals surface area (Å²) in [7, 11) is 1.63. The lowest BCUT2D eigenvalue weighted by Gasteiger charge is -2.26. The summed E-state index contributed by atoms with van der Waals surface area (Å²) in [6.45, 7) is 4.79. The Labute approximate surface area is 156 Å². The number of carbonyl (C=O) groups is 1. The lowest BCUT2D eigenvalue weighted by Crippen LogP contribution is -2.35. The first-order valence-corrected chi connectivity index (χ1v) is 8.83. The zero-order valence-corrected chi connectivity index (χ0v) is 15.5. The van der Waals surface area contributed by atoms with Crippen LogP contribution in [-0.4, -0.2) is 45.8 Å². The number of nitrogens with one attached hydrogen (secondary N) is 1. The van der Waals surface area contributed by atoms with E-state index in [-0.39, 0.29) is 17.6 Å². The summed E-state index contributed by atoms with van der Waals surface area (Å²) in [6.07, 6.45) is 0.811. The van der Waals surface area contributed by atoms with E-state index in [2.05, 4.69) is 20.4 Å². The van der Waals surface area contributed by atoms with E-state index in [0.717, 1.165) is 34.9 Å². The van der Waals surface area contributed by atoms with Crippen LogP contribution in [-0.2, 0) is 6.42 Å². The number of ether oxygens (including phenoxy) is 2. The Morgan fingerprint density at radius 1 is 1.37 bits per heavy atom. The zero-order valence-electron chi connectivity index (χ0n) is 15.5. The van der Waals surface area contributed by atoms with Crippen molar-refractivity contribution in [3.05, 3.63) is 47.0 Å². The molecule has 2 aromatic heterocycles. The van der Waals surface area contributed by atoms with Gasteiger partial charge in [0, 0.05) is 23.9 Å². The predicted octanol–water partition coefficient (Wildman–Crippen LogP) is 1.73. The van der Waals surface area contributed by atoms with E-state index in [9.17, 15) is 4.79 Å². The molecule has 1 aliphatic rings. The highest BCUT2D eigenvalue weighted by molar-refractivity contribution is 5.90. The first kappa shape index (κ1) is 17.3. The first-order chi connectivity index (χ1) is 13.0. The van der Waals surface area contributed by atoms with Gasteiger partial charge >= 0.3 is 0 Å². The van der Waals surface area contributed by atoms with Gasteiger partial charge in [-0.05, 0) is 38.0 Å². The normalized spacial score (nSPS) is 15.9. The van der Waals surface area contributed by atoms with Gasteiger partial charge in [-0.2, -0.15) is 4.98 Å². The van der Waals surface area contributed by atoms with Crippen LogP contribution in [0.25, 0.3) is 5.78 Å². The van der Waals surface area contributed by atoms with Gasteiger partial charge in [0.25, 0.3) is 11.7 Å². The van der Waals surface area contributed by atoms with E-state index in [0.29, 0.717) is 18.9 Å². The molecular formula is C19H21N5O3. The minimum absolute atomic E-state index is 0.120. The maximum absolute atomic E-state index is 12.5. The van der Waals surface area contributed by atoms with Crippen molar-refractivity contribution in [2.24, 2.45) is 5.92 Å². The summed E-state index contributed by atoms with van der Waals surface area (Å²) in [4.78, 5) is 21.0. The van der Waals surface area contributed by atoms with Crippen molar-refractivity contribution in [2.75, 3.05) is 20.3 Å². The van der Waals surface area contributed by atoms with E-state index >= 15 is 0 Å². The van der Waals surface area contributed by atoms with Crippen LogP contribution in [0.2, 0.25) is 0 Å². The number of amides is 1. The van der Waals surface area contributed by atoms with Gasteiger partial charge in [-0.15, -0.1) is 5.10 Å². The van der Waals surface area contributed by atoms with Crippen LogP contribution in [0, 0.1) is 19.8 Å². The van der Waals surface area contributed by atoms with Gasteiger partial charge < -0.3 is 14.8 Å². The Kier molecular flexibility index (Phi) is 4.39. The first-order valence-electron chi connectivity index (χ1n) is 8.83. The van der Waals surface area contributed by atoms with Crippen molar-refractivity contribution in [1.29, 1.82) is 0 Å². The Morgan fingerprint density at radius 2 is 2.22 bits per heavy atom. The fourth-order valence-corrected chi connectivity index (χ4v) is 3.33. The maximum atomic E-state index is 12.5. The quantitative estimate of drug-likeness (QED) is 0.755. The number of rotatable bonds is 4. The third-order valence-electron chi connectivity index (χ3n) is 4.62. The highest BCUT2D eigenvalue weighted by atomic mass is 16.5. The Balaban J connectivity index is 1.43. The molecule has 0 saturated heterocycles. The fraction of sp³-hybridized carbons (Fsp3) is 0.368. The molecule has 1 aromatic carbocycles. The van der Waals surface area contributed by atoms with Crippen LogP contribution in [0.15, 0.2) is 24.3 Å². The molecule has 1 atom stereocenters. The van der Waals surface area contributed by atoms with Crippen LogP contribution < -0.4 is 14.8 Å². The highest BCUT2D eigenvalue weighted by Gasteiger charge is 2.24. The van der Waals surface area contributed by atoms with Crippen molar-refractivity contribution >= 4 is 11.7 Å². The molecule has 0 spiro atoms. The van der Waals surface area contributed by atoms with E-state index in [1.54, 1.807) is 11.6 Å². The van der Waals surface area contributed by atoms with Crippen molar-refractivity contribution < 1.29 is 14.3 Å². The standard InChI is InChI=1S/C19H21N5O3/c1-11-7-12(2)24-19(21-11)22-17(23-24)18(25)20-9-13-8-14-5-4-6-15(26-3)16(14)27-10-13/h4-7,13H,8-10H2,1-3H3,(H,20,25). The molecule has 1 amide bonds. The fourth-order valence-electron chi connectivity index (χ4n) is 3.33. The monoisotopic (exact) mass is 367 g/mol. The van der Waals surface area contributed by atoms with Gasteiger partial charge in [0.2, 0.25) is 5.82 Å². The van der Waals surface area contributed by atoms with Gasteiger partial charge in [0.05, 0.1) is 13.7 Å². The largest absolute Gasteiger partial charge is 0.493 e. The van der Waals surface area contributed by atoms with Crippen LogP contribution in [0.4, 0.5) is 0 Å². The SMILES string of the molecule is COc1cccc2c1OCC(CNC(=O)c1nc3nc(C)cc(C)n3n1)C2. The van der Waals surface area contributed by atoms with E-state index in [4.69, 9.17) is 9.47 Å². The van der Waals surface area contributed by atoms with Crippen molar-refractivity contribution in [2.45, 2.75) is 20.3 Å². The second-order valence-corrected chi connectivity index (χ2v) is 6.73. The molecule has 0 aliphatic carbocycles. The molecule has 1 N–H and O–H groups in total. The number of carbonyl (C=O) groups excluding carboxylic acids is 1. The molecule has 1 unspecified atom stereocenters. The zero-order chi connectivity index (χ0) is 19.0. The van der Waals surface area contributed by atoms with E-state index in [1.165, 1.54) is 0 Å². The number of fused-ring (bicyclic) bond motifs is 2. The minimum Gasteiger partial charge on any atom is -0.493 e. The lowest BCUT2D eigenvalue weighted by atomic mass is 9.96. The molecule has 0 fully saturated rings. The molecule has 0 saturated carbocycles. The number of hydrogen-bond acceptors (Lipinski definition) is 6. The summed E-state index contributed by atoms with van der Waals surface area (Å²) in [6, 6.07) is 7.74. The summed E-state index contributed by atoms with van der Waals surface area (Å²) in [5.41, 5.74) is 2.81. The minimum atomic E-state index is -0.311. The van der Waals surface area contributed by atoms with Crippen LogP contribution in [0.3, 0.4) is 0 Å². The molecule has 8 nitrogen and oxygen atoms in total. The Bertz CT molecular complexity index is 1010. The summed E-state index contributed by atoms with van der Waals surface area (Å²) in [5.74, 6) is 1.94. The molecule has 3 heterocycles. The topological polar surface area (TPSA) is 90.6 Å². The molecule has 140 valence electrons. The van der Waals surface area contributed by atoms with Crippen molar-refractivity contribution in [1.82, 2.24) is 24.9 Å². The number of nitrogens with zero attached hydrogens (tertiary/aromatic N) is 4. The average Bonchev–Trinajstić information content (AvgIpc) is 3.09. The third-order valence-corrected chi connectivity index (χ3v) is 4.62. The summed E-state index contributed by atoms with van der Waals surface area (Å²) >= 11 is 0. The molecule has 8 heteroatoms. The Hall–Kier alpha value is -3.16. The van der Waals surface area contributed by atoms with Gasteiger partial charge in [0.1, 0.15) is 0 Å². The molecular weight excluding hydrogens is 346 g/mol.